The van der Waals surface area contributed by atoms with Crippen LogP contribution in [0, 0.1) is 27.3 Å². The van der Waals surface area contributed by atoms with Crippen LogP contribution in [0.3, 0.4) is 0 Å². The lowest BCUT2D eigenvalue weighted by molar-refractivity contribution is -0.385. The maximum Gasteiger partial charge on any atom is 0.373 e. The molecule has 0 bridgehead atoms. The molecule has 1 fully saturated rings. The number of ether oxygens (including phenoxy) is 1. The van der Waals surface area contributed by atoms with Gasteiger partial charge in [-0.2, -0.15) is 10.2 Å². The first-order valence-corrected chi connectivity index (χ1v) is 9.01. The Kier molecular flexibility index (Phi) is 6.20. The topological polar surface area (TPSA) is 177 Å². The molecule has 1 atom stereocenters. The summed E-state index contributed by atoms with van der Waals surface area (Å²) in [4.78, 5) is 43.5. The maximum atomic E-state index is 13.9. The smallest absolute Gasteiger partial charge is 0.373 e. The van der Waals surface area contributed by atoms with E-state index in [1.165, 1.54) is 11.0 Å². The Hall–Kier alpha value is -4.34. The SMILES string of the molecule is N#Cc1ccc(Oc2ncnc(N3CCCC3C(=O)NCC(N)=O)c2[N+](=O)[O-])cc1F. The van der Waals surface area contributed by atoms with E-state index in [1.807, 2.05) is 0 Å². The summed E-state index contributed by atoms with van der Waals surface area (Å²) in [5.41, 5.74) is 4.21. The van der Waals surface area contributed by atoms with Gasteiger partial charge in [-0.25, -0.2) is 9.37 Å². The minimum absolute atomic E-state index is 0.110. The van der Waals surface area contributed by atoms with E-state index in [-0.39, 0.29) is 30.2 Å². The molecule has 1 aromatic heterocycles. The number of nitro groups is 1. The van der Waals surface area contributed by atoms with Crippen LogP contribution in [0.1, 0.15) is 18.4 Å². The number of nitrogens with two attached hydrogens (primary N) is 1. The van der Waals surface area contributed by atoms with Gasteiger partial charge in [-0.15, -0.1) is 0 Å². The van der Waals surface area contributed by atoms with Crippen molar-refractivity contribution in [3.8, 4) is 17.7 Å². The highest BCUT2D eigenvalue weighted by Crippen LogP contribution is 2.38. The van der Waals surface area contributed by atoms with Crippen LogP contribution in [0.5, 0.6) is 11.6 Å². The van der Waals surface area contributed by atoms with Gasteiger partial charge in [0.15, 0.2) is 0 Å². The molecule has 13 heteroatoms. The molecule has 31 heavy (non-hydrogen) atoms. The molecule has 3 N–H and O–H groups in total. The normalized spacial score (nSPS) is 15.2. The van der Waals surface area contributed by atoms with Crippen LogP contribution in [0.15, 0.2) is 24.5 Å². The number of nitrogens with zero attached hydrogens (tertiary/aromatic N) is 5. The van der Waals surface area contributed by atoms with E-state index in [4.69, 9.17) is 15.7 Å². The monoisotopic (exact) mass is 429 g/mol. The van der Waals surface area contributed by atoms with E-state index < -0.39 is 40.2 Å². The molecule has 2 heterocycles. The van der Waals surface area contributed by atoms with Crippen LogP contribution in [-0.4, -0.2) is 45.8 Å². The van der Waals surface area contributed by atoms with Gasteiger partial charge in [0.2, 0.25) is 17.6 Å². The average molecular weight is 429 g/mol. The average Bonchev–Trinajstić information content (AvgIpc) is 3.21. The van der Waals surface area contributed by atoms with Crippen molar-refractivity contribution in [3.63, 3.8) is 0 Å². The first-order valence-electron chi connectivity index (χ1n) is 9.01. The number of nitrogens with one attached hydrogen (secondary N) is 1. The molecule has 1 saturated heterocycles. The van der Waals surface area contributed by atoms with Crippen molar-refractivity contribution in [2.24, 2.45) is 5.73 Å². The van der Waals surface area contributed by atoms with E-state index in [0.717, 1.165) is 18.5 Å². The number of halogens is 1. The first kappa shape index (κ1) is 21.4. The van der Waals surface area contributed by atoms with Crippen LogP contribution in [0.2, 0.25) is 0 Å². The predicted molar refractivity (Wildman–Crippen MR) is 102 cm³/mol. The second-order valence-corrected chi connectivity index (χ2v) is 6.50. The number of amides is 2. The summed E-state index contributed by atoms with van der Waals surface area (Å²) in [6.45, 7) is -0.0783. The third-order valence-corrected chi connectivity index (χ3v) is 4.49. The fourth-order valence-corrected chi connectivity index (χ4v) is 3.15. The molecular weight excluding hydrogens is 413 g/mol. The summed E-state index contributed by atoms with van der Waals surface area (Å²) >= 11 is 0. The molecule has 0 saturated carbocycles. The van der Waals surface area contributed by atoms with Crippen molar-refractivity contribution in [2.75, 3.05) is 18.0 Å². The number of carbonyl (C=O) groups is 2. The largest absolute Gasteiger partial charge is 0.433 e. The summed E-state index contributed by atoms with van der Waals surface area (Å²) in [6.07, 6.45) is 1.95. The second kappa shape index (κ2) is 8.99. The van der Waals surface area contributed by atoms with Gasteiger partial charge in [-0.05, 0) is 25.0 Å². The molecule has 2 amide bonds. The minimum atomic E-state index is -0.859. The van der Waals surface area contributed by atoms with Crippen LogP contribution < -0.4 is 20.7 Å². The molecule has 0 spiro atoms. The van der Waals surface area contributed by atoms with Crippen molar-refractivity contribution in [1.29, 1.82) is 5.26 Å². The van der Waals surface area contributed by atoms with Crippen LogP contribution >= 0.6 is 0 Å². The predicted octanol–water partition coefficient (Wildman–Crippen LogP) is 0.758. The number of carbonyl (C=O) groups excluding carboxylic acids is 2. The number of hydrogen-bond acceptors (Lipinski definition) is 9. The quantitative estimate of drug-likeness (QED) is 0.475. The second-order valence-electron chi connectivity index (χ2n) is 6.50. The third-order valence-electron chi connectivity index (χ3n) is 4.49. The van der Waals surface area contributed by atoms with Gasteiger partial charge in [0.05, 0.1) is 17.0 Å². The molecule has 2 aromatic rings. The van der Waals surface area contributed by atoms with E-state index >= 15 is 0 Å². The van der Waals surface area contributed by atoms with Crippen molar-refractivity contribution < 1.29 is 23.6 Å². The van der Waals surface area contributed by atoms with E-state index in [0.29, 0.717) is 12.8 Å². The zero-order chi connectivity index (χ0) is 22.5. The Morgan fingerprint density at radius 2 is 2.23 bits per heavy atom. The number of hydrogen-bond donors (Lipinski definition) is 2. The van der Waals surface area contributed by atoms with Crippen LogP contribution in [0.25, 0.3) is 0 Å². The molecule has 1 aromatic carbocycles. The summed E-state index contributed by atoms with van der Waals surface area (Å²) < 4.78 is 19.2. The lowest BCUT2D eigenvalue weighted by atomic mass is 10.2. The fraction of sp³-hybridized carbons (Fsp3) is 0.278. The summed E-state index contributed by atoms with van der Waals surface area (Å²) in [5.74, 6) is -2.83. The molecule has 160 valence electrons. The van der Waals surface area contributed by atoms with Gasteiger partial charge in [0, 0.05) is 12.6 Å². The van der Waals surface area contributed by atoms with Crippen LogP contribution in [-0.2, 0) is 9.59 Å². The van der Waals surface area contributed by atoms with Crippen LogP contribution in [0.4, 0.5) is 15.9 Å². The summed E-state index contributed by atoms with van der Waals surface area (Å²) in [6, 6.07) is 4.18. The zero-order valence-corrected chi connectivity index (χ0v) is 15.9. The lowest BCUT2D eigenvalue weighted by Crippen LogP contribution is -2.46. The van der Waals surface area contributed by atoms with Crippen molar-refractivity contribution >= 4 is 23.3 Å². The molecule has 0 aliphatic carbocycles. The first-order chi connectivity index (χ1) is 14.8. The summed E-state index contributed by atoms with van der Waals surface area (Å²) in [5, 5.41) is 23.0. The molecular formula is C18H16FN7O5. The zero-order valence-electron chi connectivity index (χ0n) is 15.9. The van der Waals surface area contributed by atoms with Gasteiger partial charge in [-0.3, -0.25) is 19.7 Å². The Bertz CT molecular complexity index is 1090. The van der Waals surface area contributed by atoms with Crippen molar-refractivity contribution in [2.45, 2.75) is 18.9 Å². The number of aromatic nitrogens is 2. The number of anilines is 1. The Labute approximate surface area is 174 Å². The lowest BCUT2D eigenvalue weighted by Gasteiger charge is -2.24. The molecule has 1 aliphatic rings. The minimum Gasteiger partial charge on any atom is -0.433 e. The van der Waals surface area contributed by atoms with Gasteiger partial charge in [0.1, 0.15) is 30.0 Å². The van der Waals surface area contributed by atoms with E-state index in [1.54, 1.807) is 6.07 Å². The molecule has 0 radical (unpaired) electrons. The highest BCUT2D eigenvalue weighted by atomic mass is 19.1. The highest BCUT2D eigenvalue weighted by Gasteiger charge is 2.38. The summed E-state index contributed by atoms with van der Waals surface area (Å²) in [7, 11) is 0. The third kappa shape index (κ3) is 4.64. The molecule has 1 unspecified atom stereocenters. The number of benzene rings is 1. The standard InChI is InChI=1S/C18H16FN7O5/c19-12-6-11(4-3-10(12)7-20)31-18-15(26(29)30)16(23-9-24-18)25-5-1-2-13(25)17(28)22-8-14(21)27/h3-4,6,9,13H,1-2,5,8H2,(H2,21,27)(H,22,28). The molecule has 3 rings (SSSR count). The Balaban J connectivity index is 1.94. The Morgan fingerprint density at radius 1 is 1.45 bits per heavy atom. The highest BCUT2D eigenvalue weighted by molar-refractivity contribution is 5.89. The van der Waals surface area contributed by atoms with Gasteiger partial charge >= 0.3 is 11.6 Å². The fourth-order valence-electron chi connectivity index (χ4n) is 3.15. The number of rotatable bonds is 7. The molecule has 12 nitrogen and oxygen atoms in total. The Morgan fingerprint density at radius 3 is 2.87 bits per heavy atom. The van der Waals surface area contributed by atoms with Gasteiger partial charge < -0.3 is 20.7 Å². The maximum absolute atomic E-state index is 13.9. The molecule has 1 aliphatic heterocycles. The van der Waals surface area contributed by atoms with E-state index in [9.17, 15) is 24.1 Å². The van der Waals surface area contributed by atoms with Crippen molar-refractivity contribution in [3.05, 3.63) is 46.0 Å². The van der Waals surface area contributed by atoms with Gasteiger partial charge in [0.25, 0.3) is 0 Å². The van der Waals surface area contributed by atoms with E-state index in [2.05, 4.69) is 15.3 Å². The van der Waals surface area contributed by atoms with Gasteiger partial charge in [-0.1, -0.05) is 0 Å². The number of nitriles is 1. The number of primary amides is 1. The van der Waals surface area contributed by atoms with Crippen molar-refractivity contribution in [1.82, 2.24) is 15.3 Å².